The van der Waals surface area contributed by atoms with Crippen LogP contribution in [0.4, 0.5) is 5.69 Å². The molecule has 3 aromatic rings. The number of nitrogens with two attached hydrogens (primary N) is 1. The molecule has 28 heavy (non-hydrogen) atoms. The van der Waals surface area contributed by atoms with Gasteiger partial charge in [-0.25, -0.2) is 0 Å². The molecular formula is C20H26Cl2N4OS. The first kappa shape index (κ1) is 22.7. The van der Waals surface area contributed by atoms with Gasteiger partial charge in [0, 0.05) is 33.0 Å². The molecule has 2 heterocycles. The monoisotopic (exact) mass is 440 g/mol. The fourth-order valence-electron chi connectivity index (χ4n) is 3.52. The highest BCUT2D eigenvalue weighted by atomic mass is 35.5. The summed E-state index contributed by atoms with van der Waals surface area (Å²) in [7, 11) is 1.70. The number of likely N-dealkylation sites (N-methyl/N-ethyl adjacent to an activating group) is 1. The van der Waals surface area contributed by atoms with E-state index < -0.39 is 0 Å². The van der Waals surface area contributed by atoms with Gasteiger partial charge in [0.25, 0.3) is 0 Å². The minimum Gasteiger partial charge on any atom is -0.497 e. The van der Waals surface area contributed by atoms with Crippen LogP contribution < -0.4 is 10.5 Å². The molecule has 4 rings (SSSR count). The summed E-state index contributed by atoms with van der Waals surface area (Å²) in [5.41, 5.74) is 10.4. The molecule has 8 heteroatoms. The maximum atomic E-state index is 6.30. The Hall–Kier alpha value is -1.60. The number of ether oxygens (including phenoxy) is 1. The van der Waals surface area contributed by atoms with E-state index >= 15 is 0 Å². The number of halogens is 2. The highest BCUT2D eigenvalue weighted by Crippen LogP contribution is 2.50. The summed E-state index contributed by atoms with van der Waals surface area (Å²) < 4.78 is 7.55. The predicted molar refractivity (Wildman–Crippen MR) is 123 cm³/mol. The van der Waals surface area contributed by atoms with Gasteiger partial charge in [-0.3, -0.25) is 4.68 Å². The molecule has 0 aliphatic carbocycles. The van der Waals surface area contributed by atoms with Crippen LogP contribution in [0.3, 0.4) is 0 Å². The third kappa shape index (κ3) is 3.79. The van der Waals surface area contributed by atoms with Crippen molar-refractivity contribution >= 4 is 53.2 Å². The number of anilines is 1. The van der Waals surface area contributed by atoms with Crippen LogP contribution >= 0.6 is 36.6 Å². The third-order valence-electron chi connectivity index (χ3n) is 5.08. The number of hydrogen-bond acceptors (Lipinski definition) is 5. The number of aromatic nitrogens is 2. The SMILES string of the molecule is CCN(CC)CCn1nc2c3c(c(N)ccc31)Sc1ccc(OC)cc1-2.Cl.Cl. The molecule has 1 aliphatic rings. The van der Waals surface area contributed by atoms with E-state index in [1.54, 1.807) is 18.9 Å². The molecule has 152 valence electrons. The van der Waals surface area contributed by atoms with Crippen LogP contribution in [0.25, 0.3) is 22.2 Å². The molecule has 0 radical (unpaired) electrons. The first-order chi connectivity index (χ1) is 12.7. The van der Waals surface area contributed by atoms with Gasteiger partial charge in [-0.15, -0.1) is 24.8 Å². The molecule has 2 aromatic carbocycles. The van der Waals surface area contributed by atoms with E-state index in [2.05, 4.69) is 41.6 Å². The Bertz CT molecular complexity index is 972. The number of methoxy groups -OCH3 is 1. The van der Waals surface area contributed by atoms with Crippen molar-refractivity contribution in [3.8, 4) is 17.0 Å². The maximum absolute atomic E-state index is 6.30. The minimum atomic E-state index is 0. The minimum absolute atomic E-state index is 0. The van der Waals surface area contributed by atoms with Crippen LogP contribution in [0.1, 0.15) is 13.8 Å². The molecule has 2 N–H and O–H groups in total. The summed E-state index contributed by atoms with van der Waals surface area (Å²) in [5.74, 6) is 0.850. The van der Waals surface area contributed by atoms with Gasteiger partial charge in [-0.1, -0.05) is 25.6 Å². The van der Waals surface area contributed by atoms with Crippen LogP contribution in [0.2, 0.25) is 0 Å². The van der Waals surface area contributed by atoms with Crippen molar-refractivity contribution in [3.05, 3.63) is 30.3 Å². The lowest BCUT2D eigenvalue weighted by Gasteiger charge is -2.18. The number of nitrogen functional groups attached to an aromatic ring is 1. The second kappa shape index (κ2) is 9.27. The number of nitrogens with zero attached hydrogens (tertiary/aromatic N) is 3. The van der Waals surface area contributed by atoms with E-state index in [0.717, 1.165) is 64.7 Å². The molecule has 0 amide bonds. The first-order valence-electron chi connectivity index (χ1n) is 9.03. The van der Waals surface area contributed by atoms with E-state index in [1.807, 2.05) is 12.1 Å². The highest BCUT2D eigenvalue weighted by Gasteiger charge is 2.26. The van der Waals surface area contributed by atoms with Crippen LogP contribution in [0.5, 0.6) is 5.75 Å². The van der Waals surface area contributed by atoms with E-state index in [-0.39, 0.29) is 24.8 Å². The number of benzene rings is 2. The van der Waals surface area contributed by atoms with Crippen molar-refractivity contribution < 1.29 is 4.74 Å². The maximum Gasteiger partial charge on any atom is 0.119 e. The molecule has 0 saturated carbocycles. The van der Waals surface area contributed by atoms with Gasteiger partial charge < -0.3 is 15.4 Å². The Morgan fingerprint density at radius 2 is 1.89 bits per heavy atom. The fraction of sp³-hybridized carbons (Fsp3) is 0.350. The van der Waals surface area contributed by atoms with E-state index in [4.69, 9.17) is 15.6 Å². The van der Waals surface area contributed by atoms with E-state index in [1.165, 1.54) is 4.90 Å². The molecule has 1 aromatic heterocycles. The van der Waals surface area contributed by atoms with Crippen LogP contribution in [-0.2, 0) is 6.54 Å². The average molecular weight is 441 g/mol. The average Bonchev–Trinajstić information content (AvgIpc) is 3.04. The standard InChI is InChI=1S/C20H24N4OS.2ClH/c1-4-23(5-2)10-11-24-16-8-7-15(21)20-18(16)19(22-24)14-12-13(25-3)6-9-17(14)26-20;;/h6-9,12H,4-5,10-11,21H2,1-3H3;2*1H. The molecule has 0 fully saturated rings. The normalized spacial score (nSPS) is 11.7. The Morgan fingerprint density at radius 3 is 2.57 bits per heavy atom. The molecule has 0 unspecified atom stereocenters. The predicted octanol–water partition coefficient (Wildman–Crippen LogP) is 4.94. The van der Waals surface area contributed by atoms with E-state index in [0.29, 0.717) is 0 Å². The Balaban J connectivity index is 0.00000140. The molecule has 5 nitrogen and oxygen atoms in total. The van der Waals surface area contributed by atoms with Gasteiger partial charge in [-0.05, 0) is 43.4 Å². The van der Waals surface area contributed by atoms with Crippen LogP contribution in [0.15, 0.2) is 40.1 Å². The third-order valence-corrected chi connectivity index (χ3v) is 6.30. The Kier molecular flexibility index (Phi) is 7.51. The van der Waals surface area contributed by atoms with Crippen LogP contribution in [-0.4, -0.2) is 41.4 Å². The van der Waals surface area contributed by atoms with Gasteiger partial charge in [-0.2, -0.15) is 5.10 Å². The zero-order chi connectivity index (χ0) is 18.3. The molecule has 1 aliphatic heterocycles. The second-order valence-corrected chi connectivity index (χ2v) is 7.49. The van der Waals surface area contributed by atoms with Crippen molar-refractivity contribution in [1.82, 2.24) is 14.7 Å². The molecule has 0 spiro atoms. The first-order valence-corrected chi connectivity index (χ1v) is 9.85. The zero-order valence-corrected chi connectivity index (χ0v) is 18.7. The van der Waals surface area contributed by atoms with Gasteiger partial charge in [0.1, 0.15) is 11.4 Å². The number of fused-ring (bicyclic) bond motifs is 2. The topological polar surface area (TPSA) is 56.3 Å². The molecule has 0 atom stereocenters. The lowest BCUT2D eigenvalue weighted by molar-refractivity contribution is 0.287. The summed E-state index contributed by atoms with van der Waals surface area (Å²) in [6.07, 6.45) is 0. The van der Waals surface area contributed by atoms with Crippen molar-refractivity contribution in [2.24, 2.45) is 0 Å². The lowest BCUT2D eigenvalue weighted by Crippen LogP contribution is -2.27. The van der Waals surface area contributed by atoms with E-state index in [9.17, 15) is 0 Å². The zero-order valence-electron chi connectivity index (χ0n) is 16.3. The summed E-state index contributed by atoms with van der Waals surface area (Å²) in [5, 5.41) is 6.15. The van der Waals surface area contributed by atoms with Crippen LogP contribution in [0, 0.1) is 0 Å². The number of rotatable bonds is 6. The molecule has 0 saturated heterocycles. The van der Waals surface area contributed by atoms with Crippen molar-refractivity contribution in [2.45, 2.75) is 30.2 Å². The highest BCUT2D eigenvalue weighted by molar-refractivity contribution is 8.00. The van der Waals surface area contributed by atoms with Crippen molar-refractivity contribution in [1.29, 1.82) is 0 Å². The quantitative estimate of drug-likeness (QED) is 0.430. The van der Waals surface area contributed by atoms with Gasteiger partial charge >= 0.3 is 0 Å². The second-order valence-electron chi connectivity index (χ2n) is 6.44. The molecular weight excluding hydrogens is 415 g/mol. The fourth-order valence-corrected chi connectivity index (χ4v) is 4.63. The number of hydrogen-bond donors (Lipinski definition) is 1. The van der Waals surface area contributed by atoms with Crippen molar-refractivity contribution in [3.63, 3.8) is 0 Å². The Labute approximate surface area is 182 Å². The smallest absolute Gasteiger partial charge is 0.119 e. The summed E-state index contributed by atoms with van der Waals surface area (Å²) in [6, 6.07) is 10.3. The Morgan fingerprint density at radius 1 is 1.14 bits per heavy atom. The summed E-state index contributed by atoms with van der Waals surface area (Å²) in [4.78, 5) is 4.70. The van der Waals surface area contributed by atoms with Gasteiger partial charge in [0.2, 0.25) is 0 Å². The van der Waals surface area contributed by atoms with Gasteiger partial charge in [0.05, 0.1) is 19.2 Å². The van der Waals surface area contributed by atoms with Crippen molar-refractivity contribution in [2.75, 3.05) is 32.5 Å². The van der Waals surface area contributed by atoms with Gasteiger partial charge in [0.15, 0.2) is 0 Å². The molecule has 0 bridgehead atoms. The summed E-state index contributed by atoms with van der Waals surface area (Å²) in [6.45, 7) is 8.35. The largest absolute Gasteiger partial charge is 0.497 e. The lowest BCUT2D eigenvalue weighted by atomic mass is 10.1. The summed E-state index contributed by atoms with van der Waals surface area (Å²) >= 11 is 1.72.